The van der Waals surface area contributed by atoms with Gasteiger partial charge in [-0.1, -0.05) is 0 Å². The number of aromatic amines is 1. The highest BCUT2D eigenvalue weighted by Gasteiger charge is 2.28. The summed E-state index contributed by atoms with van der Waals surface area (Å²) in [4.78, 5) is 76.0. The van der Waals surface area contributed by atoms with Gasteiger partial charge >= 0.3 is 17.1 Å². The molecule has 3 aliphatic carbocycles. The molecular formula is C46H64N12O12S. The summed E-state index contributed by atoms with van der Waals surface area (Å²) >= 11 is 0. The van der Waals surface area contributed by atoms with Crippen molar-refractivity contribution in [3.05, 3.63) is 81.1 Å². The highest BCUT2D eigenvalue weighted by Crippen LogP contribution is 2.32. The Morgan fingerprint density at radius 3 is 1.28 bits per heavy atom. The van der Waals surface area contributed by atoms with E-state index < -0.39 is 15.8 Å². The molecule has 0 amide bonds. The smallest absolute Gasteiger partial charge is 0.331 e. The minimum Gasteiger partial charge on any atom is -0.381 e. The predicted molar refractivity (Wildman–Crippen MR) is 260 cm³/mol. The molecule has 0 bridgehead atoms. The number of nitrogens with zero attached hydrogens (tertiary/aromatic N) is 11. The van der Waals surface area contributed by atoms with E-state index in [0.29, 0.717) is 97.0 Å². The molecule has 0 radical (unpaired) electrons. The van der Waals surface area contributed by atoms with Gasteiger partial charge in [0, 0.05) is 91.4 Å². The zero-order valence-corrected chi connectivity index (χ0v) is 41.6. The first-order valence-electron chi connectivity index (χ1n) is 24.6. The second kappa shape index (κ2) is 21.1. The van der Waals surface area contributed by atoms with Crippen LogP contribution in [0.3, 0.4) is 0 Å². The molecule has 6 aromatic heterocycles. The van der Waals surface area contributed by atoms with Gasteiger partial charge in [-0.2, -0.15) is 23.7 Å². The second-order valence-electron chi connectivity index (χ2n) is 20.0. The maximum absolute atomic E-state index is 12.8. The molecule has 3 atom stereocenters. The van der Waals surface area contributed by atoms with Gasteiger partial charge in [0.25, 0.3) is 26.8 Å². The lowest BCUT2D eigenvalue weighted by atomic mass is 10.1. The number of fused-ring (bicyclic) bond motifs is 3. The first kappa shape index (κ1) is 50.2. The molecule has 9 heterocycles. The molecule has 6 fully saturated rings. The third-order valence-electron chi connectivity index (χ3n) is 14.1. The first-order chi connectivity index (χ1) is 34.0. The molecule has 6 aliphatic rings. The molecule has 24 nitrogen and oxygen atoms in total. The van der Waals surface area contributed by atoms with Crippen molar-refractivity contribution < 1.29 is 26.8 Å². The molecule has 1 N–H and O–H groups in total. The average molecular weight is 1010 g/mol. The van der Waals surface area contributed by atoms with Gasteiger partial charge in [-0.05, 0) is 75.5 Å². The summed E-state index contributed by atoms with van der Waals surface area (Å²) < 4.78 is 53.8. The summed E-state index contributed by atoms with van der Waals surface area (Å²) in [6.45, 7) is 7.42. The van der Waals surface area contributed by atoms with Crippen LogP contribution in [0.2, 0.25) is 0 Å². The molecule has 12 rings (SSSR count). The van der Waals surface area contributed by atoms with Crippen molar-refractivity contribution in [1.29, 1.82) is 0 Å². The summed E-state index contributed by atoms with van der Waals surface area (Å²) in [5.74, 6) is 2.61. The van der Waals surface area contributed by atoms with Gasteiger partial charge in [0.1, 0.15) is 0 Å². The Morgan fingerprint density at radius 1 is 0.535 bits per heavy atom. The van der Waals surface area contributed by atoms with Crippen molar-refractivity contribution >= 4 is 43.2 Å². The van der Waals surface area contributed by atoms with Crippen LogP contribution in [0.1, 0.15) is 57.8 Å². The van der Waals surface area contributed by atoms with Crippen LogP contribution in [-0.2, 0) is 82.4 Å². The fourth-order valence-electron chi connectivity index (χ4n) is 9.16. The van der Waals surface area contributed by atoms with Crippen LogP contribution >= 0.6 is 0 Å². The number of hydrogen-bond donors (Lipinski definition) is 1. The van der Waals surface area contributed by atoms with E-state index in [1.165, 1.54) is 61.4 Å². The number of aryl methyl sites for hydroxylation is 3. The molecular weight excluding hydrogens is 945 g/mol. The lowest BCUT2D eigenvalue weighted by molar-refractivity contribution is 0.169. The Morgan fingerprint density at radius 2 is 0.915 bits per heavy atom. The Balaban J connectivity index is 0.000000121. The number of H-pyrrole nitrogens is 1. The summed E-state index contributed by atoms with van der Waals surface area (Å²) in [5.41, 5.74) is 1.70. The van der Waals surface area contributed by atoms with E-state index in [1.807, 2.05) is 0 Å². The van der Waals surface area contributed by atoms with Crippen LogP contribution in [0.15, 0.2) is 47.4 Å². The Bertz CT molecular complexity index is 3220. The lowest BCUT2D eigenvalue weighted by Gasteiger charge is -2.12. The SMILES string of the molecule is CS(=O)(=O)OCC1CCOC1.Cn1c(=O)[nH]c(=O)c2c1cnn2CC1CC1.Cn1c(=O)n(CC2CCOC2)c(=O)c2c1cnn2CC1CC1.Cn1c(=O)n(CC2CCOC2)c(=O)c2c1cnn2CC1CC1. The van der Waals surface area contributed by atoms with E-state index in [9.17, 15) is 37.2 Å². The van der Waals surface area contributed by atoms with E-state index in [-0.39, 0.29) is 52.4 Å². The minimum atomic E-state index is -3.27. The molecule has 3 unspecified atom stereocenters. The average Bonchev–Trinajstić information content (AvgIpc) is 4.14. The summed E-state index contributed by atoms with van der Waals surface area (Å²) in [6, 6.07) is 0. The second-order valence-corrected chi connectivity index (χ2v) is 21.7. The summed E-state index contributed by atoms with van der Waals surface area (Å²) in [6.07, 6.45) is 15.8. The zero-order valence-electron chi connectivity index (χ0n) is 40.8. The van der Waals surface area contributed by atoms with Gasteiger partial charge in [-0.3, -0.25) is 60.4 Å². The molecule has 0 aromatic carbocycles. The van der Waals surface area contributed by atoms with Gasteiger partial charge in [-0.15, -0.1) is 0 Å². The topological polar surface area (TPSA) is 267 Å². The van der Waals surface area contributed by atoms with Gasteiger partial charge in [0.15, 0.2) is 16.6 Å². The lowest BCUT2D eigenvalue weighted by Crippen LogP contribution is -2.41. The highest BCUT2D eigenvalue weighted by atomic mass is 32.2. The quantitative estimate of drug-likeness (QED) is 0.155. The number of ether oxygens (including phenoxy) is 3. The normalized spacial score (nSPS) is 21.0. The van der Waals surface area contributed by atoms with E-state index in [1.54, 1.807) is 53.8 Å². The van der Waals surface area contributed by atoms with E-state index in [2.05, 4.69) is 24.5 Å². The first-order valence-corrected chi connectivity index (χ1v) is 26.4. The van der Waals surface area contributed by atoms with Gasteiger partial charge in [0.2, 0.25) is 0 Å². The number of hydrogen-bond acceptors (Lipinski definition) is 15. The minimum absolute atomic E-state index is 0.219. The molecule has 6 aromatic rings. The molecule has 3 aliphatic heterocycles. The van der Waals surface area contributed by atoms with Gasteiger partial charge in [-0.25, -0.2) is 14.4 Å². The van der Waals surface area contributed by atoms with Gasteiger partial charge < -0.3 is 14.2 Å². The van der Waals surface area contributed by atoms with Crippen LogP contribution in [0, 0.1) is 35.5 Å². The van der Waals surface area contributed by atoms with E-state index in [4.69, 9.17) is 14.2 Å². The van der Waals surface area contributed by atoms with Crippen molar-refractivity contribution in [2.24, 2.45) is 56.7 Å². The standard InChI is InChI=1S/2C15H20N4O3.C10H12N4O2.C6H12O4S/c2*1-17-12-6-16-19(8-10-2-3-10)13(12)14(20)18(15(17)21)7-11-4-5-22-9-11;1-13-7-4-11-14(5-6-2-3-6)8(7)9(15)12-10(13)16;1-11(7,8)10-5-6-2-3-9-4-6/h2*6,10-11H,2-5,7-9H2,1H3;4,6H,2-3,5H2,1H3,(H,12,15,16);6H,2-5H2,1H3. The van der Waals surface area contributed by atoms with Crippen LogP contribution < -0.4 is 33.7 Å². The van der Waals surface area contributed by atoms with Crippen LogP contribution in [0.4, 0.5) is 0 Å². The zero-order chi connectivity index (χ0) is 50.1. The third kappa shape index (κ3) is 11.8. The summed E-state index contributed by atoms with van der Waals surface area (Å²) in [7, 11) is 1.77. The van der Waals surface area contributed by atoms with Crippen molar-refractivity contribution in [3.8, 4) is 0 Å². The number of aromatic nitrogens is 12. The molecule has 3 saturated carbocycles. The van der Waals surface area contributed by atoms with Crippen molar-refractivity contribution in [1.82, 2.24) is 57.2 Å². The Labute approximate surface area is 406 Å². The number of rotatable bonds is 13. The fraction of sp³-hybridized carbons (Fsp3) is 0.674. The van der Waals surface area contributed by atoms with E-state index >= 15 is 0 Å². The number of nitrogens with one attached hydrogen (secondary N) is 1. The van der Waals surface area contributed by atoms with Crippen LogP contribution in [0.5, 0.6) is 0 Å². The van der Waals surface area contributed by atoms with Crippen molar-refractivity contribution in [2.45, 2.75) is 90.5 Å². The fourth-order valence-corrected chi connectivity index (χ4v) is 9.60. The molecule has 71 heavy (non-hydrogen) atoms. The third-order valence-corrected chi connectivity index (χ3v) is 14.6. The molecule has 3 saturated heterocycles. The van der Waals surface area contributed by atoms with Gasteiger partial charge in [0.05, 0.1) is 67.8 Å². The Hall–Kier alpha value is -5.76. The van der Waals surface area contributed by atoms with Crippen molar-refractivity contribution in [3.63, 3.8) is 0 Å². The maximum Gasteiger partial charge on any atom is 0.331 e. The largest absolute Gasteiger partial charge is 0.381 e. The van der Waals surface area contributed by atoms with Crippen molar-refractivity contribution in [2.75, 3.05) is 52.5 Å². The van der Waals surface area contributed by atoms with Crippen LogP contribution in [0.25, 0.3) is 33.1 Å². The highest BCUT2D eigenvalue weighted by molar-refractivity contribution is 7.85. The molecule has 386 valence electrons. The monoisotopic (exact) mass is 1010 g/mol. The van der Waals surface area contributed by atoms with E-state index in [0.717, 1.165) is 51.8 Å². The van der Waals surface area contributed by atoms with Crippen LogP contribution in [-0.4, -0.2) is 118 Å². The molecule has 0 spiro atoms. The maximum atomic E-state index is 12.8. The summed E-state index contributed by atoms with van der Waals surface area (Å²) in [5, 5.41) is 12.8. The molecule has 25 heteroatoms. The Kier molecular flexibility index (Phi) is 14.9. The predicted octanol–water partition coefficient (Wildman–Crippen LogP) is 0.519.